The highest BCUT2D eigenvalue weighted by molar-refractivity contribution is 6.01. The summed E-state index contributed by atoms with van der Waals surface area (Å²) in [7, 11) is 0. The summed E-state index contributed by atoms with van der Waals surface area (Å²) in [4.78, 5) is 32.0. The van der Waals surface area contributed by atoms with Crippen LogP contribution in [0.25, 0.3) is 0 Å². The van der Waals surface area contributed by atoms with Crippen molar-refractivity contribution in [2.24, 2.45) is 5.92 Å². The van der Waals surface area contributed by atoms with E-state index >= 15 is 0 Å². The molecule has 3 atom stereocenters. The third-order valence-electron chi connectivity index (χ3n) is 9.39. The number of carbonyl (C=O) groups is 2. The monoisotopic (exact) mass is 512 g/mol. The molecule has 38 heavy (non-hydrogen) atoms. The van der Waals surface area contributed by atoms with Crippen LogP contribution in [-0.2, 0) is 17.8 Å². The molecule has 2 saturated carbocycles. The molecule has 2 aliphatic heterocycles. The smallest absolute Gasteiger partial charge is 0.255 e. The molecule has 200 valence electrons. The first kappa shape index (κ1) is 25.3. The minimum Gasteiger partial charge on any atom is -0.329 e. The number of rotatable bonds is 6. The number of allylic oxidation sites excluding steroid dienone is 1. The minimum absolute atomic E-state index is 0.0160. The van der Waals surface area contributed by atoms with Crippen LogP contribution in [0.3, 0.4) is 0 Å². The molecule has 6 heteroatoms. The Morgan fingerprint density at radius 1 is 1.00 bits per heavy atom. The molecule has 3 fully saturated rings. The lowest BCUT2D eigenvalue weighted by molar-refractivity contribution is -0.126. The van der Waals surface area contributed by atoms with Crippen LogP contribution in [0.2, 0.25) is 0 Å². The molecule has 0 radical (unpaired) electrons. The second kappa shape index (κ2) is 11.0. The lowest BCUT2D eigenvalue weighted by Crippen LogP contribution is -2.49. The summed E-state index contributed by atoms with van der Waals surface area (Å²) in [6.07, 6.45) is 14.3. The molecule has 2 amide bonds. The van der Waals surface area contributed by atoms with E-state index < -0.39 is 6.04 Å². The van der Waals surface area contributed by atoms with Crippen LogP contribution in [0.4, 0.5) is 0 Å². The Morgan fingerprint density at radius 3 is 2.63 bits per heavy atom. The van der Waals surface area contributed by atoms with E-state index in [9.17, 15) is 9.59 Å². The zero-order chi connectivity index (χ0) is 26.1. The molecule has 6 nitrogen and oxygen atoms in total. The Balaban J connectivity index is 1.07. The Hall–Kier alpha value is -2.99. The van der Waals surface area contributed by atoms with Crippen LogP contribution in [0.1, 0.15) is 97.3 Å². The van der Waals surface area contributed by atoms with Crippen molar-refractivity contribution >= 4 is 11.8 Å². The van der Waals surface area contributed by atoms with E-state index in [2.05, 4.69) is 46.5 Å². The molecule has 2 N–H and O–H groups in total. The number of nitrogens with one attached hydrogen (secondary N) is 2. The SMILES string of the molecule is C=C1CCC(N2Cc3cc(C[C@H]4CCCC[C@@H]4NC4CCC(c5ccccn5)CC4)ccc3C2=O)C(=O)N1. The van der Waals surface area contributed by atoms with Gasteiger partial charge in [0.1, 0.15) is 6.04 Å². The van der Waals surface area contributed by atoms with Gasteiger partial charge in [-0.3, -0.25) is 14.6 Å². The first-order chi connectivity index (χ1) is 18.5. The fraction of sp³-hybridized carbons (Fsp3) is 0.531. The molecule has 1 saturated heterocycles. The Labute approximate surface area is 226 Å². The maximum absolute atomic E-state index is 13.1. The van der Waals surface area contributed by atoms with Crippen LogP contribution >= 0.6 is 0 Å². The number of pyridine rings is 1. The van der Waals surface area contributed by atoms with E-state index in [1.54, 1.807) is 4.90 Å². The second-order valence-corrected chi connectivity index (χ2v) is 11.9. The molecule has 0 bridgehead atoms. The van der Waals surface area contributed by atoms with Crippen molar-refractivity contribution in [3.63, 3.8) is 0 Å². The predicted octanol–water partition coefficient (Wildman–Crippen LogP) is 5.25. The van der Waals surface area contributed by atoms with Crippen molar-refractivity contribution < 1.29 is 9.59 Å². The highest BCUT2D eigenvalue weighted by atomic mass is 16.2. The summed E-state index contributed by atoms with van der Waals surface area (Å²) in [5, 5.41) is 6.91. The number of piperidine rings is 1. The van der Waals surface area contributed by atoms with Gasteiger partial charge in [0.05, 0.1) is 0 Å². The van der Waals surface area contributed by atoms with Gasteiger partial charge in [0.2, 0.25) is 5.91 Å². The van der Waals surface area contributed by atoms with E-state index in [-0.39, 0.29) is 11.8 Å². The molecule has 6 rings (SSSR count). The summed E-state index contributed by atoms with van der Waals surface area (Å²) in [6.45, 7) is 4.39. The molecule has 4 aliphatic rings. The molecular weight excluding hydrogens is 472 g/mol. The van der Waals surface area contributed by atoms with Crippen LogP contribution < -0.4 is 10.6 Å². The maximum atomic E-state index is 13.1. The molecule has 3 heterocycles. The lowest BCUT2D eigenvalue weighted by Gasteiger charge is -2.38. The van der Waals surface area contributed by atoms with Gasteiger partial charge in [-0.25, -0.2) is 0 Å². The number of hydrogen-bond donors (Lipinski definition) is 2. The number of aromatic nitrogens is 1. The van der Waals surface area contributed by atoms with Crippen LogP contribution in [0, 0.1) is 5.92 Å². The highest BCUT2D eigenvalue weighted by Gasteiger charge is 2.38. The predicted molar refractivity (Wildman–Crippen MR) is 148 cm³/mol. The lowest BCUT2D eigenvalue weighted by atomic mass is 9.78. The van der Waals surface area contributed by atoms with E-state index in [1.165, 1.54) is 62.6 Å². The van der Waals surface area contributed by atoms with Crippen molar-refractivity contribution in [3.05, 3.63) is 77.3 Å². The first-order valence-corrected chi connectivity index (χ1v) is 14.6. The molecular formula is C32H40N4O2. The minimum atomic E-state index is -0.400. The van der Waals surface area contributed by atoms with Crippen molar-refractivity contribution in [2.75, 3.05) is 0 Å². The Kier molecular flexibility index (Phi) is 7.33. The number of benzene rings is 1. The van der Waals surface area contributed by atoms with Crippen LogP contribution in [0.5, 0.6) is 0 Å². The largest absolute Gasteiger partial charge is 0.329 e. The summed E-state index contributed by atoms with van der Waals surface area (Å²) in [6, 6.07) is 13.4. The van der Waals surface area contributed by atoms with Crippen LogP contribution in [-0.4, -0.2) is 39.8 Å². The molecule has 0 spiro atoms. The van der Waals surface area contributed by atoms with Gasteiger partial charge in [-0.2, -0.15) is 0 Å². The number of hydrogen-bond acceptors (Lipinski definition) is 4. The quantitative estimate of drug-likeness (QED) is 0.555. The molecule has 1 unspecified atom stereocenters. The summed E-state index contributed by atoms with van der Waals surface area (Å²) in [5.74, 6) is 1.10. The third kappa shape index (κ3) is 5.28. The number of amides is 2. The van der Waals surface area contributed by atoms with Gasteiger partial charge in [0.15, 0.2) is 0 Å². The molecule has 2 aliphatic carbocycles. The van der Waals surface area contributed by atoms with E-state index in [1.807, 2.05) is 18.3 Å². The summed E-state index contributed by atoms with van der Waals surface area (Å²) >= 11 is 0. The van der Waals surface area contributed by atoms with Gasteiger partial charge in [0.25, 0.3) is 5.91 Å². The fourth-order valence-corrected chi connectivity index (χ4v) is 7.28. The van der Waals surface area contributed by atoms with E-state index in [4.69, 9.17) is 0 Å². The number of nitrogens with zero attached hydrogens (tertiary/aromatic N) is 2. The maximum Gasteiger partial charge on any atom is 0.255 e. The van der Waals surface area contributed by atoms with E-state index in [0.717, 1.165) is 29.7 Å². The second-order valence-electron chi connectivity index (χ2n) is 11.9. The van der Waals surface area contributed by atoms with Crippen molar-refractivity contribution in [2.45, 2.75) is 101 Å². The zero-order valence-electron chi connectivity index (χ0n) is 22.3. The average Bonchev–Trinajstić information content (AvgIpc) is 3.26. The molecule has 2 aromatic rings. The van der Waals surface area contributed by atoms with Gasteiger partial charge < -0.3 is 15.5 Å². The normalized spacial score (nSPS) is 29.7. The van der Waals surface area contributed by atoms with Gasteiger partial charge in [0, 0.05) is 47.7 Å². The molecule has 1 aromatic heterocycles. The Bertz CT molecular complexity index is 1190. The van der Waals surface area contributed by atoms with Crippen molar-refractivity contribution in [1.29, 1.82) is 0 Å². The number of carbonyl (C=O) groups excluding carboxylic acids is 2. The van der Waals surface area contributed by atoms with Gasteiger partial charge >= 0.3 is 0 Å². The van der Waals surface area contributed by atoms with Crippen molar-refractivity contribution in [3.8, 4) is 0 Å². The Morgan fingerprint density at radius 2 is 1.84 bits per heavy atom. The average molecular weight is 513 g/mol. The highest BCUT2D eigenvalue weighted by Crippen LogP contribution is 2.35. The van der Waals surface area contributed by atoms with E-state index in [0.29, 0.717) is 36.9 Å². The summed E-state index contributed by atoms with van der Waals surface area (Å²) in [5.41, 5.74) is 5.14. The topological polar surface area (TPSA) is 74.3 Å². The third-order valence-corrected chi connectivity index (χ3v) is 9.39. The standard InChI is InChI=1S/C32H40N4O2/c1-21-9-16-30(31(37)34-21)36-20-25-19-22(10-15-27(25)32(36)38)18-24-6-2-3-8-29(24)35-26-13-11-23(12-14-26)28-7-4-5-17-33-28/h4-5,7,10,15,17,19,23-24,26,29-30,35H,1-3,6,8-9,11-14,16,18,20H2,(H,34,37)/t23?,24-,26?,29+,30?/m1/s1. The number of fused-ring (bicyclic) bond motifs is 1. The van der Waals surface area contributed by atoms with Gasteiger partial charge in [-0.1, -0.05) is 37.6 Å². The molecule has 1 aromatic carbocycles. The fourth-order valence-electron chi connectivity index (χ4n) is 7.28. The van der Waals surface area contributed by atoms with Crippen molar-refractivity contribution in [1.82, 2.24) is 20.5 Å². The van der Waals surface area contributed by atoms with Gasteiger partial charge in [-0.15, -0.1) is 0 Å². The zero-order valence-corrected chi connectivity index (χ0v) is 22.3. The van der Waals surface area contributed by atoms with Gasteiger partial charge in [-0.05, 0) is 93.0 Å². The first-order valence-electron chi connectivity index (χ1n) is 14.6. The van der Waals surface area contributed by atoms with Crippen LogP contribution in [0.15, 0.2) is 54.9 Å². The summed E-state index contributed by atoms with van der Waals surface area (Å²) < 4.78 is 0.